The van der Waals surface area contributed by atoms with E-state index in [0.717, 1.165) is 13.0 Å². The van der Waals surface area contributed by atoms with Crippen molar-refractivity contribution in [3.8, 4) is 0 Å². The van der Waals surface area contributed by atoms with E-state index in [0.29, 0.717) is 18.9 Å². The van der Waals surface area contributed by atoms with Gasteiger partial charge in [0.15, 0.2) is 0 Å². The Bertz CT molecular complexity index is 194. The molecule has 0 heterocycles. The van der Waals surface area contributed by atoms with Gasteiger partial charge in [-0.25, -0.2) is 0 Å². The highest BCUT2D eigenvalue weighted by atomic mass is 16.1. The quantitative estimate of drug-likeness (QED) is 0.541. The summed E-state index contributed by atoms with van der Waals surface area (Å²) in [6, 6.07) is 0. The van der Waals surface area contributed by atoms with E-state index >= 15 is 0 Å². The number of hydrogen-bond acceptors (Lipinski definition) is 3. The molecule has 0 aliphatic rings. The zero-order chi connectivity index (χ0) is 11.9. The van der Waals surface area contributed by atoms with Gasteiger partial charge in [0.05, 0.1) is 5.54 Å². The number of rotatable bonds is 7. The van der Waals surface area contributed by atoms with E-state index in [1.165, 1.54) is 0 Å². The van der Waals surface area contributed by atoms with E-state index < -0.39 is 0 Å². The number of carbonyl (C=O) groups excluding carboxylic acids is 1. The smallest absolute Gasteiger partial charge is 0.220 e. The van der Waals surface area contributed by atoms with Crippen LogP contribution in [0.1, 0.15) is 33.6 Å². The average Bonchev–Trinajstić information content (AvgIpc) is 2.17. The summed E-state index contributed by atoms with van der Waals surface area (Å²) in [6.45, 7) is 7.48. The number of carbonyl (C=O) groups is 1. The second-order valence-corrected chi connectivity index (χ2v) is 4.53. The van der Waals surface area contributed by atoms with Crippen molar-refractivity contribution in [1.82, 2.24) is 10.6 Å². The summed E-state index contributed by atoms with van der Waals surface area (Å²) in [6.07, 6.45) is 1.42. The van der Waals surface area contributed by atoms with Crippen LogP contribution in [0.5, 0.6) is 0 Å². The lowest BCUT2D eigenvalue weighted by atomic mass is 9.88. The highest BCUT2D eigenvalue weighted by Crippen LogP contribution is 2.14. The fourth-order valence-electron chi connectivity index (χ4n) is 1.24. The molecule has 90 valence electrons. The lowest BCUT2D eigenvalue weighted by Gasteiger charge is -2.33. The number of amides is 1. The fraction of sp³-hybridized carbons (Fsp3) is 0.909. The molecule has 1 atom stereocenters. The Morgan fingerprint density at radius 1 is 1.47 bits per heavy atom. The Kier molecular flexibility index (Phi) is 6.52. The minimum absolute atomic E-state index is 0.0897. The Labute approximate surface area is 93.0 Å². The molecule has 0 aromatic heterocycles. The van der Waals surface area contributed by atoms with Crippen LogP contribution >= 0.6 is 0 Å². The fourth-order valence-corrected chi connectivity index (χ4v) is 1.24. The first-order chi connectivity index (χ1) is 6.96. The molecule has 4 heteroatoms. The third-order valence-electron chi connectivity index (χ3n) is 2.95. The minimum Gasteiger partial charge on any atom is -0.349 e. The van der Waals surface area contributed by atoms with Gasteiger partial charge in [-0.05, 0) is 32.9 Å². The third-order valence-corrected chi connectivity index (χ3v) is 2.95. The van der Waals surface area contributed by atoms with E-state index in [-0.39, 0.29) is 11.4 Å². The molecule has 1 amide bonds. The molecular formula is C11H25N3O. The molecule has 0 saturated heterocycles. The first kappa shape index (κ1) is 14.4. The molecule has 1 unspecified atom stereocenters. The SMILES string of the molecule is CNCCCC(=O)NC(C)(CN)C(C)C. The highest BCUT2D eigenvalue weighted by Gasteiger charge is 2.27. The van der Waals surface area contributed by atoms with Gasteiger partial charge in [0.2, 0.25) is 5.91 Å². The van der Waals surface area contributed by atoms with Crippen molar-refractivity contribution < 1.29 is 4.79 Å². The molecule has 0 rings (SSSR count). The first-order valence-corrected chi connectivity index (χ1v) is 5.62. The van der Waals surface area contributed by atoms with E-state index in [1.807, 2.05) is 14.0 Å². The maximum atomic E-state index is 11.6. The minimum atomic E-state index is -0.281. The highest BCUT2D eigenvalue weighted by molar-refractivity contribution is 5.76. The maximum Gasteiger partial charge on any atom is 0.220 e. The Morgan fingerprint density at radius 2 is 2.07 bits per heavy atom. The Balaban J connectivity index is 4.02. The lowest BCUT2D eigenvalue weighted by molar-refractivity contribution is -0.123. The molecule has 0 spiro atoms. The normalized spacial score (nSPS) is 15.1. The molecular weight excluding hydrogens is 190 g/mol. The van der Waals surface area contributed by atoms with Gasteiger partial charge in [-0.2, -0.15) is 0 Å². The monoisotopic (exact) mass is 215 g/mol. The molecule has 0 aliphatic carbocycles. The van der Waals surface area contributed by atoms with Gasteiger partial charge >= 0.3 is 0 Å². The van der Waals surface area contributed by atoms with Crippen LogP contribution in [-0.4, -0.2) is 31.6 Å². The summed E-state index contributed by atoms with van der Waals surface area (Å²) < 4.78 is 0. The Morgan fingerprint density at radius 3 is 2.47 bits per heavy atom. The van der Waals surface area contributed by atoms with E-state index in [9.17, 15) is 4.79 Å². The summed E-state index contributed by atoms with van der Waals surface area (Å²) in [5, 5.41) is 6.03. The zero-order valence-electron chi connectivity index (χ0n) is 10.4. The second-order valence-electron chi connectivity index (χ2n) is 4.53. The predicted octanol–water partition coefficient (Wildman–Crippen LogP) is 0.476. The van der Waals surface area contributed by atoms with Gasteiger partial charge in [-0.1, -0.05) is 13.8 Å². The van der Waals surface area contributed by atoms with Crippen molar-refractivity contribution in [3.05, 3.63) is 0 Å². The average molecular weight is 215 g/mol. The standard InChI is InChI=1S/C11H25N3O/c1-9(2)11(3,8-12)14-10(15)6-5-7-13-4/h9,13H,5-8,12H2,1-4H3,(H,14,15). The molecule has 0 aromatic carbocycles. The summed E-state index contributed by atoms with van der Waals surface area (Å²) in [4.78, 5) is 11.6. The molecule has 15 heavy (non-hydrogen) atoms. The van der Waals surface area contributed by atoms with Crippen LogP contribution in [0.3, 0.4) is 0 Å². The third kappa shape index (κ3) is 5.14. The lowest BCUT2D eigenvalue weighted by Crippen LogP contribution is -2.55. The van der Waals surface area contributed by atoms with Crippen LogP contribution < -0.4 is 16.4 Å². The van der Waals surface area contributed by atoms with Crippen LogP contribution in [0.15, 0.2) is 0 Å². The van der Waals surface area contributed by atoms with Crippen molar-refractivity contribution in [1.29, 1.82) is 0 Å². The van der Waals surface area contributed by atoms with E-state index in [2.05, 4.69) is 24.5 Å². The van der Waals surface area contributed by atoms with Crippen LogP contribution in [0.25, 0.3) is 0 Å². The number of nitrogens with one attached hydrogen (secondary N) is 2. The van der Waals surface area contributed by atoms with Crippen LogP contribution in [-0.2, 0) is 4.79 Å². The van der Waals surface area contributed by atoms with Gasteiger partial charge in [-0.3, -0.25) is 4.79 Å². The summed E-state index contributed by atoms with van der Waals surface area (Å²) >= 11 is 0. The van der Waals surface area contributed by atoms with Gasteiger partial charge in [0.1, 0.15) is 0 Å². The van der Waals surface area contributed by atoms with E-state index in [1.54, 1.807) is 0 Å². The van der Waals surface area contributed by atoms with Crippen molar-refractivity contribution in [3.63, 3.8) is 0 Å². The molecule has 0 aromatic rings. The van der Waals surface area contributed by atoms with Crippen molar-refractivity contribution in [2.75, 3.05) is 20.1 Å². The van der Waals surface area contributed by atoms with Gasteiger partial charge < -0.3 is 16.4 Å². The first-order valence-electron chi connectivity index (χ1n) is 5.62. The topological polar surface area (TPSA) is 67.2 Å². The van der Waals surface area contributed by atoms with Gasteiger partial charge in [0.25, 0.3) is 0 Å². The summed E-state index contributed by atoms with van der Waals surface area (Å²) in [7, 11) is 1.88. The van der Waals surface area contributed by atoms with Crippen molar-refractivity contribution in [2.45, 2.75) is 39.2 Å². The van der Waals surface area contributed by atoms with Crippen molar-refractivity contribution >= 4 is 5.91 Å². The van der Waals surface area contributed by atoms with Gasteiger partial charge in [-0.15, -0.1) is 0 Å². The second kappa shape index (κ2) is 6.80. The van der Waals surface area contributed by atoms with Crippen LogP contribution in [0.4, 0.5) is 0 Å². The number of hydrogen-bond donors (Lipinski definition) is 3. The Hall–Kier alpha value is -0.610. The molecule has 0 saturated carbocycles. The molecule has 0 fully saturated rings. The van der Waals surface area contributed by atoms with Crippen molar-refractivity contribution in [2.24, 2.45) is 11.7 Å². The number of nitrogens with two attached hydrogens (primary N) is 1. The molecule has 0 radical (unpaired) electrons. The largest absolute Gasteiger partial charge is 0.349 e. The van der Waals surface area contributed by atoms with E-state index in [4.69, 9.17) is 5.73 Å². The predicted molar refractivity (Wildman–Crippen MR) is 63.6 cm³/mol. The maximum absolute atomic E-state index is 11.6. The zero-order valence-corrected chi connectivity index (χ0v) is 10.4. The summed E-state index contributed by atoms with van der Waals surface area (Å²) in [5.41, 5.74) is 5.40. The van der Waals surface area contributed by atoms with Crippen LogP contribution in [0, 0.1) is 5.92 Å². The molecule has 4 N–H and O–H groups in total. The molecule has 0 bridgehead atoms. The molecule has 0 aliphatic heterocycles. The molecule has 4 nitrogen and oxygen atoms in total. The van der Waals surface area contributed by atoms with Crippen LogP contribution in [0.2, 0.25) is 0 Å². The van der Waals surface area contributed by atoms with Gasteiger partial charge in [0, 0.05) is 13.0 Å². The summed E-state index contributed by atoms with van der Waals surface area (Å²) in [5.74, 6) is 0.433.